The predicted octanol–water partition coefficient (Wildman–Crippen LogP) is 1.93. The Morgan fingerprint density at radius 3 is 2.78 bits per heavy atom. The highest BCUT2D eigenvalue weighted by Crippen LogP contribution is 2.18. The molecule has 0 aliphatic carbocycles. The van der Waals surface area contributed by atoms with Crippen LogP contribution in [0.4, 0.5) is 0 Å². The summed E-state index contributed by atoms with van der Waals surface area (Å²) in [5, 5.41) is 12.0. The van der Waals surface area contributed by atoms with E-state index in [1.165, 1.54) is 0 Å². The van der Waals surface area contributed by atoms with E-state index in [0.29, 0.717) is 11.6 Å². The monoisotopic (exact) mass is 241 g/mol. The Labute approximate surface area is 103 Å². The molecule has 18 heavy (non-hydrogen) atoms. The summed E-state index contributed by atoms with van der Waals surface area (Å²) >= 11 is 0. The summed E-state index contributed by atoms with van der Waals surface area (Å²) < 4.78 is 7.23. The van der Waals surface area contributed by atoms with Crippen molar-refractivity contribution in [3.8, 4) is 11.6 Å². The fourth-order valence-electron chi connectivity index (χ4n) is 1.59. The Bertz CT molecular complexity index is 689. The number of nitrogens with zero attached hydrogens (tertiary/aromatic N) is 5. The van der Waals surface area contributed by atoms with Crippen LogP contribution in [0.25, 0.3) is 5.65 Å². The molecule has 0 fully saturated rings. The van der Waals surface area contributed by atoms with Crippen molar-refractivity contribution in [1.82, 2.24) is 24.8 Å². The molecule has 0 unspecified atom stereocenters. The first-order valence-corrected chi connectivity index (χ1v) is 5.50. The Morgan fingerprint density at radius 2 is 2.00 bits per heavy atom. The molecule has 0 aliphatic heterocycles. The van der Waals surface area contributed by atoms with Gasteiger partial charge in [-0.25, -0.2) is 9.50 Å². The van der Waals surface area contributed by atoms with Gasteiger partial charge in [0.05, 0.1) is 24.3 Å². The van der Waals surface area contributed by atoms with Gasteiger partial charge in [0.15, 0.2) is 11.4 Å². The van der Waals surface area contributed by atoms with Crippen molar-refractivity contribution in [2.24, 2.45) is 0 Å². The largest absolute Gasteiger partial charge is 0.434 e. The van der Waals surface area contributed by atoms with Crippen LogP contribution in [0.15, 0.2) is 30.7 Å². The van der Waals surface area contributed by atoms with E-state index >= 15 is 0 Å². The number of hydrogen-bond donors (Lipinski definition) is 0. The molecule has 0 atom stereocenters. The highest BCUT2D eigenvalue weighted by molar-refractivity contribution is 5.46. The lowest BCUT2D eigenvalue weighted by molar-refractivity contribution is 0.448. The van der Waals surface area contributed by atoms with Gasteiger partial charge < -0.3 is 4.74 Å². The summed E-state index contributed by atoms with van der Waals surface area (Å²) in [7, 11) is 0. The van der Waals surface area contributed by atoms with Gasteiger partial charge in [-0.15, -0.1) is 5.10 Å². The first-order chi connectivity index (χ1) is 8.72. The van der Waals surface area contributed by atoms with Crippen molar-refractivity contribution in [2.75, 3.05) is 0 Å². The van der Waals surface area contributed by atoms with E-state index in [-0.39, 0.29) is 0 Å². The summed E-state index contributed by atoms with van der Waals surface area (Å²) in [6.07, 6.45) is 5.17. The lowest BCUT2D eigenvalue weighted by atomic mass is 10.4. The number of aryl methyl sites for hydroxylation is 2. The molecule has 0 aliphatic rings. The van der Waals surface area contributed by atoms with Gasteiger partial charge in [0.1, 0.15) is 0 Å². The van der Waals surface area contributed by atoms with E-state index in [1.807, 2.05) is 19.9 Å². The van der Waals surface area contributed by atoms with Crippen molar-refractivity contribution in [1.29, 1.82) is 0 Å². The molecule has 0 N–H and O–H groups in total. The Morgan fingerprint density at radius 1 is 1.11 bits per heavy atom. The molecule has 0 aromatic carbocycles. The molecule has 3 aromatic heterocycles. The van der Waals surface area contributed by atoms with Gasteiger partial charge in [-0.1, -0.05) is 0 Å². The number of fused-ring (bicyclic) bond motifs is 1. The molecule has 3 aromatic rings. The molecule has 0 radical (unpaired) electrons. The van der Waals surface area contributed by atoms with Crippen molar-refractivity contribution < 1.29 is 4.74 Å². The van der Waals surface area contributed by atoms with E-state index in [0.717, 1.165) is 16.9 Å². The zero-order valence-electron chi connectivity index (χ0n) is 10.0. The molecule has 6 heteroatoms. The van der Waals surface area contributed by atoms with Crippen molar-refractivity contribution in [2.45, 2.75) is 13.8 Å². The van der Waals surface area contributed by atoms with Crippen LogP contribution in [0.1, 0.15) is 11.3 Å². The minimum absolute atomic E-state index is 0.436. The first-order valence-electron chi connectivity index (χ1n) is 5.50. The van der Waals surface area contributed by atoms with Crippen LogP contribution in [-0.4, -0.2) is 24.8 Å². The van der Waals surface area contributed by atoms with E-state index in [4.69, 9.17) is 4.74 Å². The molecule has 0 saturated carbocycles. The highest BCUT2D eigenvalue weighted by Gasteiger charge is 2.04. The summed E-state index contributed by atoms with van der Waals surface area (Å²) in [6, 6.07) is 3.60. The van der Waals surface area contributed by atoms with E-state index in [1.54, 1.807) is 29.2 Å². The Hall–Kier alpha value is -2.50. The van der Waals surface area contributed by atoms with E-state index in [9.17, 15) is 0 Å². The minimum Gasteiger partial charge on any atom is -0.434 e. The third-order valence-electron chi connectivity index (χ3n) is 2.50. The van der Waals surface area contributed by atoms with Crippen molar-refractivity contribution in [3.05, 3.63) is 42.0 Å². The zero-order chi connectivity index (χ0) is 12.5. The third-order valence-corrected chi connectivity index (χ3v) is 2.50. The van der Waals surface area contributed by atoms with E-state index < -0.39 is 0 Å². The maximum absolute atomic E-state index is 5.55. The van der Waals surface area contributed by atoms with Gasteiger partial charge in [0, 0.05) is 11.6 Å². The minimum atomic E-state index is 0.436. The molecule has 6 nitrogen and oxygen atoms in total. The topological polar surface area (TPSA) is 65.2 Å². The third kappa shape index (κ3) is 1.88. The standard InChI is InChI=1S/C12H11N5O/c1-8-5-14-17-7-10(6-13-12(8)17)18-11-4-3-9(2)15-16-11/h3-7H,1-2H3. The fraction of sp³-hybridized carbons (Fsp3) is 0.167. The number of ether oxygens (including phenoxy) is 1. The number of aromatic nitrogens is 5. The average molecular weight is 241 g/mol. The van der Waals surface area contributed by atoms with Crippen LogP contribution in [0.2, 0.25) is 0 Å². The quantitative estimate of drug-likeness (QED) is 0.685. The van der Waals surface area contributed by atoms with Crippen LogP contribution in [0.3, 0.4) is 0 Å². The number of hydrogen-bond acceptors (Lipinski definition) is 5. The van der Waals surface area contributed by atoms with Crippen LogP contribution in [-0.2, 0) is 0 Å². The first kappa shape index (κ1) is 10.6. The molecular weight excluding hydrogens is 230 g/mol. The second kappa shape index (κ2) is 4.06. The summed E-state index contributed by atoms with van der Waals surface area (Å²) in [6.45, 7) is 3.83. The predicted molar refractivity (Wildman–Crippen MR) is 64.6 cm³/mol. The van der Waals surface area contributed by atoms with Gasteiger partial charge in [-0.3, -0.25) is 0 Å². The Kier molecular flexibility index (Phi) is 2.40. The second-order valence-electron chi connectivity index (χ2n) is 4.00. The molecule has 0 saturated heterocycles. The van der Waals surface area contributed by atoms with Gasteiger partial charge in [0.2, 0.25) is 5.88 Å². The van der Waals surface area contributed by atoms with Crippen LogP contribution < -0.4 is 4.74 Å². The van der Waals surface area contributed by atoms with E-state index in [2.05, 4.69) is 20.3 Å². The molecule has 0 bridgehead atoms. The zero-order valence-corrected chi connectivity index (χ0v) is 10.0. The number of rotatable bonds is 2. The lowest BCUT2D eigenvalue weighted by Gasteiger charge is -2.03. The SMILES string of the molecule is Cc1ccc(Oc2cnc3c(C)cnn3c2)nn1. The van der Waals surface area contributed by atoms with Gasteiger partial charge in [0.25, 0.3) is 0 Å². The molecular formula is C12H11N5O. The lowest BCUT2D eigenvalue weighted by Crippen LogP contribution is -1.95. The van der Waals surface area contributed by atoms with Crippen LogP contribution in [0, 0.1) is 13.8 Å². The molecule has 0 spiro atoms. The fourth-order valence-corrected chi connectivity index (χ4v) is 1.59. The smallest absolute Gasteiger partial charge is 0.239 e. The molecule has 3 rings (SSSR count). The van der Waals surface area contributed by atoms with Crippen LogP contribution >= 0.6 is 0 Å². The van der Waals surface area contributed by atoms with Gasteiger partial charge in [-0.2, -0.15) is 10.2 Å². The molecule has 0 amide bonds. The maximum atomic E-state index is 5.55. The van der Waals surface area contributed by atoms with Crippen LogP contribution in [0.5, 0.6) is 11.6 Å². The highest BCUT2D eigenvalue weighted by atomic mass is 16.5. The summed E-state index contributed by atoms with van der Waals surface area (Å²) in [5.74, 6) is 1.01. The second-order valence-corrected chi connectivity index (χ2v) is 4.00. The average Bonchev–Trinajstić information content (AvgIpc) is 2.74. The van der Waals surface area contributed by atoms with Crippen molar-refractivity contribution in [3.63, 3.8) is 0 Å². The molecule has 3 heterocycles. The summed E-state index contributed by atoms with van der Waals surface area (Å²) in [5.41, 5.74) is 2.69. The normalized spacial score (nSPS) is 10.8. The van der Waals surface area contributed by atoms with Gasteiger partial charge in [-0.05, 0) is 19.9 Å². The van der Waals surface area contributed by atoms with Crippen molar-refractivity contribution >= 4 is 5.65 Å². The van der Waals surface area contributed by atoms with Gasteiger partial charge >= 0.3 is 0 Å². The summed E-state index contributed by atoms with van der Waals surface area (Å²) in [4.78, 5) is 4.28. The maximum Gasteiger partial charge on any atom is 0.239 e. The molecule has 90 valence electrons. The Balaban J connectivity index is 1.92.